The molecular formula is C22H26N8O. The van der Waals surface area contributed by atoms with Crippen LogP contribution in [0.1, 0.15) is 40.8 Å². The van der Waals surface area contributed by atoms with Crippen LogP contribution in [0.25, 0.3) is 6.08 Å². The Morgan fingerprint density at radius 3 is 2.61 bits per heavy atom. The lowest BCUT2D eigenvalue weighted by Crippen LogP contribution is -2.26. The summed E-state index contributed by atoms with van der Waals surface area (Å²) in [5.41, 5.74) is 3.61. The smallest absolute Gasteiger partial charge is 0.246 e. The summed E-state index contributed by atoms with van der Waals surface area (Å²) in [6, 6.07) is 3.85. The number of aryl methyl sites for hydroxylation is 4. The van der Waals surface area contributed by atoms with E-state index in [9.17, 15) is 4.79 Å². The molecule has 1 saturated heterocycles. The Bertz CT molecular complexity index is 1120. The van der Waals surface area contributed by atoms with Crippen molar-refractivity contribution in [2.24, 2.45) is 7.05 Å². The van der Waals surface area contributed by atoms with E-state index in [1.807, 2.05) is 51.0 Å². The molecule has 0 saturated carbocycles. The molecule has 1 fully saturated rings. The van der Waals surface area contributed by atoms with Crippen LogP contribution in [0.15, 0.2) is 30.6 Å². The summed E-state index contributed by atoms with van der Waals surface area (Å²) in [5, 5.41) is 7.30. The molecule has 3 aromatic heterocycles. The number of hydrogen-bond donors (Lipinski definition) is 1. The zero-order chi connectivity index (χ0) is 22.0. The van der Waals surface area contributed by atoms with Gasteiger partial charge < -0.3 is 10.2 Å². The van der Waals surface area contributed by atoms with Crippen molar-refractivity contribution in [3.05, 3.63) is 59.1 Å². The maximum Gasteiger partial charge on any atom is 0.246 e. The summed E-state index contributed by atoms with van der Waals surface area (Å²) in [6.07, 6.45) is 7.86. The maximum absolute atomic E-state index is 12.6. The van der Waals surface area contributed by atoms with Gasteiger partial charge in [-0.05, 0) is 39.3 Å². The summed E-state index contributed by atoms with van der Waals surface area (Å²) in [7, 11) is 1.85. The van der Waals surface area contributed by atoms with Crippen LogP contribution in [0.2, 0.25) is 0 Å². The molecule has 1 atom stereocenters. The van der Waals surface area contributed by atoms with E-state index in [-0.39, 0.29) is 11.8 Å². The number of carbonyl (C=O) groups excluding carboxylic acids is 1. The lowest BCUT2D eigenvalue weighted by atomic mass is 10.0. The van der Waals surface area contributed by atoms with Gasteiger partial charge in [0.15, 0.2) is 0 Å². The van der Waals surface area contributed by atoms with Crippen molar-refractivity contribution in [3.8, 4) is 0 Å². The molecule has 0 aromatic carbocycles. The van der Waals surface area contributed by atoms with Gasteiger partial charge in [-0.1, -0.05) is 0 Å². The number of carbonyl (C=O) groups is 1. The average molecular weight is 419 g/mol. The largest absolute Gasteiger partial charge is 0.338 e. The highest BCUT2D eigenvalue weighted by molar-refractivity contribution is 5.91. The molecule has 1 aliphatic heterocycles. The number of rotatable bonds is 5. The molecule has 0 radical (unpaired) electrons. The van der Waals surface area contributed by atoms with Crippen molar-refractivity contribution in [2.75, 3.05) is 18.4 Å². The zero-order valence-corrected chi connectivity index (χ0v) is 18.2. The van der Waals surface area contributed by atoms with E-state index < -0.39 is 0 Å². The lowest BCUT2D eigenvalue weighted by Gasteiger charge is -2.15. The quantitative estimate of drug-likeness (QED) is 0.636. The molecule has 31 heavy (non-hydrogen) atoms. The number of hydrogen-bond acceptors (Lipinski definition) is 7. The van der Waals surface area contributed by atoms with Gasteiger partial charge in [0.2, 0.25) is 11.9 Å². The van der Waals surface area contributed by atoms with Crippen molar-refractivity contribution >= 4 is 23.7 Å². The van der Waals surface area contributed by atoms with Crippen molar-refractivity contribution < 1.29 is 4.79 Å². The van der Waals surface area contributed by atoms with Crippen LogP contribution in [0.5, 0.6) is 0 Å². The molecule has 0 aliphatic carbocycles. The zero-order valence-electron chi connectivity index (χ0n) is 18.2. The van der Waals surface area contributed by atoms with E-state index in [2.05, 4.69) is 30.4 Å². The number of nitrogens with zero attached hydrogens (tertiary/aromatic N) is 7. The number of anilines is 2. The molecule has 9 nitrogen and oxygen atoms in total. The topological polar surface area (TPSA) is 102 Å². The number of likely N-dealkylation sites (tertiary alicyclic amines) is 1. The van der Waals surface area contributed by atoms with Gasteiger partial charge in [0.05, 0.1) is 11.9 Å². The Labute approximate surface area is 181 Å². The molecule has 1 unspecified atom stereocenters. The lowest BCUT2D eigenvalue weighted by molar-refractivity contribution is -0.124. The SMILES string of the molecule is Cc1cc(C)nc(Nc2cc(C3CCN(C(=O)/C=C/c4cnn(C)c4)C3)nc(C)n2)n1. The van der Waals surface area contributed by atoms with Gasteiger partial charge in [0, 0.05) is 61.3 Å². The molecule has 4 rings (SSSR count). The van der Waals surface area contributed by atoms with Crippen LogP contribution >= 0.6 is 0 Å². The van der Waals surface area contributed by atoms with E-state index >= 15 is 0 Å². The Balaban J connectivity index is 1.45. The minimum absolute atomic E-state index is 0.000819. The van der Waals surface area contributed by atoms with Crippen molar-refractivity contribution in [3.63, 3.8) is 0 Å². The standard InChI is InChI=1S/C22H26N8O/c1-14-9-15(2)25-22(24-14)28-20-10-19(26-16(3)27-20)18-7-8-30(13-18)21(31)6-5-17-11-23-29(4)12-17/h5-6,9-12,18H,7-8,13H2,1-4H3,(H,24,25,26,27,28)/b6-5+. The fraction of sp³-hybridized carbons (Fsp3) is 0.364. The Morgan fingerprint density at radius 2 is 1.90 bits per heavy atom. The number of amides is 1. The third kappa shape index (κ3) is 5.11. The van der Waals surface area contributed by atoms with Gasteiger partial charge in [-0.25, -0.2) is 19.9 Å². The first-order valence-corrected chi connectivity index (χ1v) is 10.3. The number of aromatic nitrogens is 6. The molecule has 1 aliphatic rings. The second-order valence-corrected chi connectivity index (χ2v) is 7.88. The summed E-state index contributed by atoms with van der Waals surface area (Å²) in [6.45, 7) is 7.07. The van der Waals surface area contributed by atoms with Crippen molar-refractivity contribution in [1.29, 1.82) is 0 Å². The van der Waals surface area contributed by atoms with E-state index in [1.165, 1.54) is 0 Å². The molecule has 4 heterocycles. The summed E-state index contributed by atoms with van der Waals surface area (Å²) in [5.74, 6) is 2.02. The highest BCUT2D eigenvalue weighted by Gasteiger charge is 2.27. The Hall–Kier alpha value is -3.62. The minimum Gasteiger partial charge on any atom is -0.338 e. The molecule has 1 amide bonds. The van der Waals surface area contributed by atoms with Gasteiger partial charge in [0.1, 0.15) is 11.6 Å². The Kier molecular flexibility index (Phi) is 5.75. The molecule has 3 aromatic rings. The number of nitrogens with one attached hydrogen (secondary N) is 1. The first-order valence-electron chi connectivity index (χ1n) is 10.3. The molecule has 9 heteroatoms. The van der Waals surface area contributed by atoms with Gasteiger partial charge in [-0.2, -0.15) is 5.10 Å². The maximum atomic E-state index is 12.6. The predicted molar refractivity (Wildman–Crippen MR) is 118 cm³/mol. The average Bonchev–Trinajstić information content (AvgIpc) is 3.34. The van der Waals surface area contributed by atoms with Crippen molar-refractivity contribution in [2.45, 2.75) is 33.1 Å². The van der Waals surface area contributed by atoms with Crippen molar-refractivity contribution in [1.82, 2.24) is 34.6 Å². The van der Waals surface area contributed by atoms with E-state index in [4.69, 9.17) is 0 Å². The van der Waals surface area contributed by atoms with E-state index in [0.29, 0.717) is 30.7 Å². The minimum atomic E-state index is -0.000819. The fourth-order valence-electron chi connectivity index (χ4n) is 3.76. The van der Waals surface area contributed by atoms with Gasteiger partial charge >= 0.3 is 0 Å². The van der Waals surface area contributed by atoms with Crippen LogP contribution in [0.4, 0.5) is 11.8 Å². The summed E-state index contributed by atoms with van der Waals surface area (Å²) < 4.78 is 1.71. The normalized spacial score (nSPS) is 16.3. The molecule has 0 spiro atoms. The first kappa shape index (κ1) is 20.6. The third-order valence-corrected chi connectivity index (χ3v) is 5.14. The van der Waals surface area contributed by atoms with Crippen LogP contribution < -0.4 is 5.32 Å². The van der Waals surface area contributed by atoms with Crippen LogP contribution in [0, 0.1) is 20.8 Å². The monoisotopic (exact) mass is 418 g/mol. The summed E-state index contributed by atoms with van der Waals surface area (Å²) in [4.78, 5) is 32.4. The second kappa shape index (κ2) is 8.63. The van der Waals surface area contributed by atoms with Gasteiger partial charge in [-0.15, -0.1) is 0 Å². The highest BCUT2D eigenvalue weighted by atomic mass is 16.2. The Morgan fingerprint density at radius 1 is 1.13 bits per heavy atom. The predicted octanol–water partition coefficient (Wildman–Crippen LogP) is 2.70. The fourth-order valence-corrected chi connectivity index (χ4v) is 3.76. The second-order valence-electron chi connectivity index (χ2n) is 7.88. The third-order valence-electron chi connectivity index (χ3n) is 5.14. The van der Waals surface area contributed by atoms with Crippen LogP contribution in [0.3, 0.4) is 0 Å². The first-order chi connectivity index (χ1) is 14.9. The highest BCUT2D eigenvalue weighted by Crippen LogP contribution is 2.28. The molecule has 1 N–H and O–H groups in total. The molecular weight excluding hydrogens is 392 g/mol. The van der Waals surface area contributed by atoms with Gasteiger partial charge in [0.25, 0.3) is 0 Å². The summed E-state index contributed by atoms with van der Waals surface area (Å²) >= 11 is 0. The van der Waals surface area contributed by atoms with E-state index in [0.717, 1.165) is 29.1 Å². The van der Waals surface area contributed by atoms with Crippen LogP contribution in [-0.4, -0.2) is 53.6 Å². The van der Waals surface area contributed by atoms with Crippen LogP contribution in [-0.2, 0) is 11.8 Å². The van der Waals surface area contributed by atoms with E-state index in [1.54, 1.807) is 23.0 Å². The molecule has 160 valence electrons. The van der Waals surface area contributed by atoms with Gasteiger partial charge in [-0.3, -0.25) is 9.48 Å². The molecule has 0 bridgehead atoms.